The van der Waals surface area contributed by atoms with Gasteiger partial charge in [0.2, 0.25) is 0 Å². The largest absolute Gasteiger partial charge is 0.294 e. The van der Waals surface area contributed by atoms with E-state index in [1.807, 2.05) is 37.3 Å². The maximum Gasteiger partial charge on any atom is 0.171 e. The van der Waals surface area contributed by atoms with Crippen molar-refractivity contribution < 1.29 is 4.79 Å². The number of aromatic nitrogens is 1. The van der Waals surface area contributed by atoms with E-state index in [1.54, 1.807) is 6.92 Å². The van der Waals surface area contributed by atoms with Crippen molar-refractivity contribution in [3.63, 3.8) is 0 Å². The summed E-state index contributed by atoms with van der Waals surface area (Å²) < 4.78 is 0. The zero-order valence-electron chi connectivity index (χ0n) is 9.06. The summed E-state index contributed by atoms with van der Waals surface area (Å²) in [6.07, 6.45) is 0. The van der Waals surface area contributed by atoms with Crippen LogP contribution in [0.25, 0.3) is 10.6 Å². The van der Waals surface area contributed by atoms with Crippen molar-refractivity contribution in [3.05, 3.63) is 40.9 Å². The van der Waals surface area contributed by atoms with E-state index in [-0.39, 0.29) is 18.2 Å². The molecule has 0 amide bonds. The molecule has 1 heterocycles. The fraction of sp³-hybridized carbons (Fsp3) is 0.167. The molecule has 0 saturated heterocycles. The molecular formula is C12H12ClNOS. The Bertz CT molecular complexity index is 493. The lowest BCUT2D eigenvalue weighted by Crippen LogP contribution is -1.89. The second kappa shape index (κ2) is 5.23. The fourth-order valence-electron chi connectivity index (χ4n) is 1.43. The molecule has 0 N–H and O–H groups in total. The molecule has 84 valence electrons. The summed E-state index contributed by atoms with van der Waals surface area (Å²) in [5.41, 5.74) is 1.89. The predicted molar refractivity (Wildman–Crippen MR) is 69.5 cm³/mol. The zero-order valence-corrected chi connectivity index (χ0v) is 10.7. The van der Waals surface area contributed by atoms with Crippen LogP contribution in [0, 0.1) is 6.92 Å². The highest BCUT2D eigenvalue weighted by atomic mass is 35.5. The van der Waals surface area contributed by atoms with E-state index in [0.29, 0.717) is 0 Å². The summed E-state index contributed by atoms with van der Waals surface area (Å²) in [7, 11) is 0. The van der Waals surface area contributed by atoms with E-state index in [1.165, 1.54) is 11.3 Å². The molecule has 0 aliphatic rings. The highest BCUT2D eigenvalue weighted by molar-refractivity contribution is 7.17. The van der Waals surface area contributed by atoms with Gasteiger partial charge in [0.25, 0.3) is 0 Å². The van der Waals surface area contributed by atoms with E-state index in [2.05, 4.69) is 4.98 Å². The number of benzene rings is 1. The average molecular weight is 254 g/mol. The van der Waals surface area contributed by atoms with Crippen LogP contribution in [0.3, 0.4) is 0 Å². The summed E-state index contributed by atoms with van der Waals surface area (Å²) >= 11 is 1.46. The average Bonchev–Trinajstić information content (AvgIpc) is 2.62. The molecule has 16 heavy (non-hydrogen) atoms. The van der Waals surface area contributed by atoms with Crippen LogP contribution >= 0.6 is 23.7 Å². The van der Waals surface area contributed by atoms with Crippen molar-refractivity contribution >= 4 is 29.5 Å². The van der Waals surface area contributed by atoms with E-state index in [9.17, 15) is 4.79 Å². The summed E-state index contributed by atoms with van der Waals surface area (Å²) in [6.45, 7) is 3.45. The number of halogens is 1. The third-order valence-corrected chi connectivity index (χ3v) is 3.44. The molecule has 0 unspecified atom stereocenters. The number of carbonyl (C=O) groups is 1. The maximum absolute atomic E-state index is 11.3. The minimum atomic E-state index is 0. The Morgan fingerprint density at radius 1 is 1.25 bits per heavy atom. The normalized spacial score (nSPS) is 9.62. The Balaban J connectivity index is 0.00000128. The highest BCUT2D eigenvalue weighted by Gasteiger charge is 2.11. The van der Waals surface area contributed by atoms with E-state index in [4.69, 9.17) is 0 Å². The van der Waals surface area contributed by atoms with Gasteiger partial charge >= 0.3 is 0 Å². The van der Waals surface area contributed by atoms with Gasteiger partial charge in [0.1, 0.15) is 5.01 Å². The Morgan fingerprint density at radius 2 is 1.88 bits per heavy atom. The van der Waals surface area contributed by atoms with Gasteiger partial charge in [-0.15, -0.1) is 23.7 Å². The Labute approximate surface area is 105 Å². The fourth-order valence-corrected chi connectivity index (χ4v) is 2.39. The minimum Gasteiger partial charge on any atom is -0.294 e. The Hall–Kier alpha value is -1.19. The Morgan fingerprint density at radius 3 is 2.38 bits per heavy atom. The number of rotatable bonds is 2. The third kappa shape index (κ3) is 2.49. The molecule has 0 aliphatic carbocycles. The van der Waals surface area contributed by atoms with Crippen molar-refractivity contribution in [2.45, 2.75) is 13.8 Å². The van der Waals surface area contributed by atoms with Crippen LogP contribution < -0.4 is 0 Å². The number of nitrogens with zero attached hydrogens (tertiary/aromatic N) is 1. The van der Waals surface area contributed by atoms with Crippen molar-refractivity contribution in [1.29, 1.82) is 0 Å². The molecule has 2 rings (SSSR count). The summed E-state index contributed by atoms with van der Waals surface area (Å²) in [5.74, 6) is 0.0900. The standard InChI is InChI=1S/C12H11NOS.ClH/c1-8-11(9(2)14)15-12(13-8)10-6-4-3-5-7-10;/h3-7H,1-2H3;1H. The molecule has 0 saturated carbocycles. The first kappa shape index (κ1) is 12.9. The lowest BCUT2D eigenvalue weighted by atomic mass is 10.2. The molecule has 0 bridgehead atoms. The van der Waals surface area contributed by atoms with Gasteiger partial charge in [-0.25, -0.2) is 4.98 Å². The number of thiazole rings is 1. The van der Waals surface area contributed by atoms with Gasteiger partial charge in [0.05, 0.1) is 10.6 Å². The lowest BCUT2D eigenvalue weighted by molar-refractivity contribution is 0.102. The van der Waals surface area contributed by atoms with Gasteiger partial charge in [-0.1, -0.05) is 30.3 Å². The van der Waals surface area contributed by atoms with Crippen LogP contribution in [0.5, 0.6) is 0 Å². The predicted octanol–water partition coefficient (Wildman–Crippen LogP) is 3.74. The van der Waals surface area contributed by atoms with Gasteiger partial charge in [-0.2, -0.15) is 0 Å². The van der Waals surface area contributed by atoms with Crippen molar-refractivity contribution in [1.82, 2.24) is 4.98 Å². The van der Waals surface area contributed by atoms with Crippen molar-refractivity contribution in [2.24, 2.45) is 0 Å². The third-order valence-electron chi connectivity index (χ3n) is 2.14. The van der Waals surface area contributed by atoms with Crippen LogP contribution in [0.4, 0.5) is 0 Å². The first-order valence-corrected chi connectivity index (χ1v) is 5.54. The molecule has 2 nitrogen and oxygen atoms in total. The Kier molecular flexibility index (Phi) is 4.21. The minimum absolute atomic E-state index is 0. The monoisotopic (exact) mass is 253 g/mol. The quantitative estimate of drug-likeness (QED) is 0.763. The summed E-state index contributed by atoms with van der Waals surface area (Å²) in [4.78, 5) is 16.4. The molecule has 4 heteroatoms. The van der Waals surface area contributed by atoms with Crippen molar-refractivity contribution in [2.75, 3.05) is 0 Å². The van der Waals surface area contributed by atoms with Crippen LogP contribution in [0.1, 0.15) is 22.3 Å². The molecule has 1 aromatic carbocycles. The maximum atomic E-state index is 11.3. The first-order chi connectivity index (χ1) is 7.18. The molecular weight excluding hydrogens is 242 g/mol. The number of aryl methyl sites for hydroxylation is 1. The van der Waals surface area contributed by atoms with Crippen LogP contribution in [0.2, 0.25) is 0 Å². The number of hydrogen-bond acceptors (Lipinski definition) is 3. The first-order valence-electron chi connectivity index (χ1n) is 4.72. The summed E-state index contributed by atoms with van der Waals surface area (Å²) in [5, 5.41) is 0.915. The molecule has 2 aromatic rings. The van der Waals surface area contributed by atoms with Crippen LogP contribution in [-0.2, 0) is 0 Å². The number of Topliss-reactive ketones (excluding diaryl/α,β-unsaturated/α-hetero) is 1. The van der Waals surface area contributed by atoms with Gasteiger partial charge in [0.15, 0.2) is 5.78 Å². The topological polar surface area (TPSA) is 30.0 Å². The number of hydrogen-bond donors (Lipinski definition) is 0. The zero-order chi connectivity index (χ0) is 10.8. The number of carbonyl (C=O) groups excluding carboxylic acids is 1. The van der Waals surface area contributed by atoms with E-state index >= 15 is 0 Å². The molecule has 0 atom stereocenters. The molecule has 0 fully saturated rings. The molecule has 0 radical (unpaired) electrons. The SMILES string of the molecule is CC(=O)c1sc(-c2ccccc2)nc1C.Cl. The molecule has 0 spiro atoms. The van der Waals surface area contributed by atoms with Crippen LogP contribution in [-0.4, -0.2) is 10.8 Å². The van der Waals surface area contributed by atoms with Crippen molar-refractivity contribution in [3.8, 4) is 10.6 Å². The van der Waals surface area contributed by atoms with Gasteiger partial charge in [0, 0.05) is 12.5 Å². The number of ketones is 1. The van der Waals surface area contributed by atoms with Gasteiger partial charge < -0.3 is 0 Å². The van der Waals surface area contributed by atoms with E-state index in [0.717, 1.165) is 21.1 Å². The second-order valence-corrected chi connectivity index (χ2v) is 4.35. The van der Waals surface area contributed by atoms with Crippen LogP contribution in [0.15, 0.2) is 30.3 Å². The lowest BCUT2D eigenvalue weighted by Gasteiger charge is -1.92. The van der Waals surface area contributed by atoms with Gasteiger partial charge in [-0.05, 0) is 6.92 Å². The van der Waals surface area contributed by atoms with Gasteiger partial charge in [-0.3, -0.25) is 4.79 Å². The molecule has 0 aliphatic heterocycles. The smallest absolute Gasteiger partial charge is 0.171 e. The second-order valence-electron chi connectivity index (χ2n) is 3.36. The highest BCUT2D eigenvalue weighted by Crippen LogP contribution is 2.27. The molecule has 1 aromatic heterocycles. The van der Waals surface area contributed by atoms with E-state index < -0.39 is 0 Å². The summed E-state index contributed by atoms with van der Waals surface area (Å²) in [6, 6.07) is 9.92.